The zero-order chi connectivity index (χ0) is 11.3. The fourth-order valence-electron chi connectivity index (χ4n) is 2.24. The van der Waals surface area contributed by atoms with E-state index in [1.54, 1.807) is 0 Å². The Bertz CT molecular complexity index is 163. The van der Waals surface area contributed by atoms with Crippen LogP contribution in [0.1, 0.15) is 59.8 Å². The highest BCUT2D eigenvalue weighted by Gasteiger charge is 2.34. The van der Waals surface area contributed by atoms with Crippen molar-refractivity contribution in [1.82, 2.24) is 4.90 Å². The Labute approximate surface area is 96.2 Å². The van der Waals surface area contributed by atoms with E-state index in [2.05, 4.69) is 32.6 Å². The van der Waals surface area contributed by atoms with E-state index in [1.165, 1.54) is 51.7 Å². The van der Waals surface area contributed by atoms with Gasteiger partial charge in [-0.1, -0.05) is 53.4 Å². The van der Waals surface area contributed by atoms with Gasteiger partial charge in [0.2, 0.25) is 0 Å². The van der Waals surface area contributed by atoms with Gasteiger partial charge in [0.25, 0.3) is 0 Å². The Morgan fingerprint density at radius 3 is 2.13 bits per heavy atom. The van der Waals surface area contributed by atoms with Gasteiger partial charge in [0, 0.05) is 13.1 Å². The molecule has 1 heteroatoms. The van der Waals surface area contributed by atoms with Crippen molar-refractivity contribution in [1.29, 1.82) is 0 Å². The summed E-state index contributed by atoms with van der Waals surface area (Å²) in [6.07, 6.45) is 7.06. The average molecular weight is 211 g/mol. The molecule has 0 spiro atoms. The molecule has 1 saturated heterocycles. The Hall–Kier alpha value is -0.0400. The molecular weight excluding hydrogens is 182 g/mol. The SMILES string of the molecule is CCCCCCCN1CC(C(C)(C)C)C1. The van der Waals surface area contributed by atoms with E-state index < -0.39 is 0 Å². The van der Waals surface area contributed by atoms with E-state index in [-0.39, 0.29) is 0 Å². The Kier molecular flexibility index (Phi) is 5.11. The molecule has 0 aromatic heterocycles. The van der Waals surface area contributed by atoms with Crippen LogP contribution in [0.2, 0.25) is 0 Å². The summed E-state index contributed by atoms with van der Waals surface area (Å²) in [6, 6.07) is 0. The molecular formula is C14H29N. The Morgan fingerprint density at radius 2 is 1.60 bits per heavy atom. The molecule has 1 heterocycles. The largest absolute Gasteiger partial charge is 0.303 e. The standard InChI is InChI=1S/C14H29N/c1-5-6-7-8-9-10-15-11-13(12-15)14(2,3)4/h13H,5-12H2,1-4H3. The maximum atomic E-state index is 2.63. The summed E-state index contributed by atoms with van der Waals surface area (Å²) in [5.41, 5.74) is 0.526. The molecule has 0 amide bonds. The summed E-state index contributed by atoms with van der Waals surface area (Å²) >= 11 is 0. The maximum absolute atomic E-state index is 2.63. The van der Waals surface area contributed by atoms with Crippen LogP contribution >= 0.6 is 0 Å². The molecule has 0 saturated carbocycles. The highest BCUT2D eigenvalue weighted by atomic mass is 15.2. The van der Waals surface area contributed by atoms with Gasteiger partial charge in [-0.05, 0) is 24.3 Å². The number of hydrogen-bond acceptors (Lipinski definition) is 1. The van der Waals surface area contributed by atoms with Gasteiger partial charge in [-0.25, -0.2) is 0 Å². The fraction of sp³-hybridized carbons (Fsp3) is 1.00. The minimum absolute atomic E-state index is 0.526. The molecule has 0 aromatic rings. The minimum Gasteiger partial charge on any atom is -0.303 e. The van der Waals surface area contributed by atoms with E-state index in [4.69, 9.17) is 0 Å². The second-order valence-corrected chi connectivity index (χ2v) is 6.24. The first-order chi connectivity index (χ1) is 7.04. The van der Waals surface area contributed by atoms with Crippen LogP contribution in [0.3, 0.4) is 0 Å². The van der Waals surface area contributed by atoms with E-state index in [0.717, 1.165) is 5.92 Å². The van der Waals surface area contributed by atoms with Crippen molar-refractivity contribution in [2.75, 3.05) is 19.6 Å². The first-order valence-electron chi connectivity index (χ1n) is 6.76. The van der Waals surface area contributed by atoms with Crippen LogP contribution in [0.5, 0.6) is 0 Å². The highest BCUT2D eigenvalue weighted by molar-refractivity contribution is 4.87. The second-order valence-electron chi connectivity index (χ2n) is 6.24. The molecule has 15 heavy (non-hydrogen) atoms. The first kappa shape index (κ1) is 13.0. The number of hydrogen-bond donors (Lipinski definition) is 0. The quantitative estimate of drug-likeness (QED) is 0.602. The van der Waals surface area contributed by atoms with Crippen molar-refractivity contribution in [3.05, 3.63) is 0 Å². The highest BCUT2D eigenvalue weighted by Crippen LogP contribution is 2.33. The molecule has 0 radical (unpaired) electrons. The number of unbranched alkanes of at least 4 members (excludes halogenated alkanes) is 4. The maximum Gasteiger partial charge on any atom is 0.00270 e. The van der Waals surface area contributed by atoms with Crippen molar-refractivity contribution < 1.29 is 0 Å². The van der Waals surface area contributed by atoms with Crippen molar-refractivity contribution >= 4 is 0 Å². The summed E-state index contributed by atoms with van der Waals surface area (Å²) in [7, 11) is 0. The molecule has 0 atom stereocenters. The lowest BCUT2D eigenvalue weighted by molar-refractivity contribution is 0.0238. The normalized spacial score (nSPS) is 19.2. The fourth-order valence-corrected chi connectivity index (χ4v) is 2.24. The van der Waals surface area contributed by atoms with Gasteiger partial charge < -0.3 is 4.90 Å². The van der Waals surface area contributed by atoms with Crippen LogP contribution in [0.25, 0.3) is 0 Å². The van der Waals surface area contributed by atoms with Gasteiger partial charge in [0.05, 0.1) is 0 Å². The molecule has 90 valence electrons. The lowest BCUT2D eigenvalue weighted by Crippen LogP contribution is -2.52. The van der Waals surface area contributed by atoms with E-state index >= 15 is 0 Å². The van der Waals surface area contributed by atoms with E-state index in [1.807, 2.05) is 0 Å². The zero-order valence-corrected chi connectivity index (χ0v) is 11.2. The topological polar surface area (TPSA) is 3.24 Å². The van der Waals surface area contributed by atoms with E-state index in [9.17, 15) is 0 Å². The van der Waals surface area contributed by atoms with E-state index in [0.29, 0.717) is 5.41 Å². The molecule has 0 unspecified atom stereocenters. The third-order valence-electron chi connectivity index (χ3n) is 3.76. The smallest absolute Gasteiger partial charge is 0.00270 e. The van der Waals surface area contributed by atoms with Crippen molar-refractivity contribution in [3.8, 4) is 0 Å². The third-order valence-corrected chi connectivity index (χ3v) is 3.76. The summed E-state index contributed by atoms with van der Waals surface area (Å²) < 4.78 is 0. The van der Waals surface area contributed by atoms with Crippen LogP contribution in [-0.4, -0.2) is 24.5 Å². The summed E-state index contributed by atoms with van der Waals surface area (Å²) in [4.78, 5) is 2.63. The average Bonchev–Trinajstić information content (AvgIpc) is 2.05. The molecule has 0 bridgehead atoms. The van der Waals surface area contributed by atoms with Gasteiger partial charge in [-0.2, -0.15) is 0 Å². The molecule has 1 nitrogen and oxygen atoms in total. The first-order valence-corrected chi connectivity index (χ1v) is 6.76. The van der Waals surface area contributed by atoms with Gasteiger partial charge in [-0.3, -0.25) is 0 Å². The Balaban J connectivity index is 1.94. The van der Waals surface area contributed by atoms with Crippen LogP contribution in [0.4, 0.5) is 0 Å². The molecule has 1 aliphatic heterocycles. The number of likely N-dealkylation sites (tertiary alicyclic amines) is 1. The van der Waals surface area contributed by atoms with Crippen LogP contribution < -0.4 is 0 Å². The predicted octanol–water partition coefficient (Wildman–Crippen LogP) is 3.93. The molecule has 1 rings (SSSR count). The molecule has 1 aliphatic rings. The monoisotopic (exact) mass is 211 g/mol. The van der Waals surface area contributed by atoms with Gasteiger partial charge in [-0.15, -0.1) is 0 Å². The van der Waals surface area contributed by atoms with Gasteiger partial charge in [0.1, 0.15) is 0 Å². The van der Waals surface area contributed by atoms with Gasteiger partial charge in [0.15, 0.2) is 0 Å². The second kappa shape index (κ2) is 5.89. The lowest BCUT2D eigenvalue weighted by Gasteiger charge is -2.46. The van der Waals surface area contributed by atoms with Crippen molar-refractivity contribution in [3.63, 3.8) is 0 Å². The van der Waals surface area contributed by atoms with Crippen LogP contribution in [-0.2, 0) is 0 Å². The summed E-state index contributed by atoms with van der Waals surface area (Å²) in [5, 5.41) is 0. The number of rotatable bonds is 6. The summed E-state index contributed by atoms with van der Waals surface area (Å²) in [6.45, 7) is 13.4. The Morgan fingerprint density at radius 1 is 1.00 bits per heavy atom. The van der Waals surface area contributed by atoms with Crippen molar-refractivity contribution in [2.24, 2.45) is 11.3 Å². The molecule has 0 N–H and O–H groups in total. The van der Waals surface area contributed by atoms with Crippen LogP contribution in [0, 0.1) is 11.3 Å². The summed E-state index contributed by atoms with van der Waals surface area (Å²) in [5.74, 6) is 0.938. The molecule has 0 aliphatic carbocycles. The third kappa shape index (κ3) is 4.55. The molecule has 1 fully saturated rings. The van der Waals surface area contributed by atoms with Crippen molar-refractivity contribution in [2.45, 2.75) is 59.8 Å². The molecule has 0 aromatic carbocycles. The lowest BCUT2D eigenvalue weighted by atomic mass is 9.76. The van der Waals surface area contributed by atoms with Crippen LogP contribution in [0.15, 0.2) is 0 Å². The predicted molar refractivity (Wildman–Crippen MR) is 68.1 cm³/mol. The zero-order valence-electron chi connectivity index (χ0n) is 11.2. The van der Waals surface area contributed by atoms with Gasteiger partial charge >= 0.3 is 0 Å². The number of nitrogens with zero attached hydrogens (tertiary/aromatic N) is 1. The minimum atomic E-state index is 0.526.